The van der Waals surface area contributed by atoms with Crippen LogP contribution in [0.2, 0.25) is 0 Å². The van der Waals surface area contributed by atoms with Gasteiger partial charge in [-0.3, -0.25) is 4.90 Å². The minimum atomic E-state index is 0.121. The molecule has 3 unspecified atom stereocenters. The van der Waals surface area contributed by atoms with E-state index in [1.807, 2.05) is 0 Å². The lowest BCUT2D eigenvalue weighted by Gasteiger charge is -2.43. The molecule has 3 heteroatoms. The fourth-order valence-electron chi connectivity index (χ4n) is 3.46. The van der Waals surface area contributed by atoms with E-state index in [9.17, 15) is 5.11 Å². The van der Waals surface area contributed by atoms with Crippen LogP contribution in [-0.2, 0) is 4.74 Å². The highest BCUT2D eigenvalue weighted by Crippen LogP contribution is 2.39. The molecular weight excluding hydrogens is 226 g/mol. The Balaban J connectivity index is 2.64. The summed E-state index contributed by atoms with van der Waals surface area (Å²) in [6.07, 6.45) is 4.92. The van der Waals surface area contributed by atoms with Gasteiger partial charge < -0.3 is 9.84 Å². The highest BCUT2D eigenvalue weighted by Gasteiger charge is 2.36. The second-order valence-electron chi connectivity index (χ2n) is 6.23. The van der Waals surface area contributed by atoms with E-state index in [4.69, 9.17) is 4.74 Å². The molecule has 0 bridgehead atoms. The van der Waals surface area contributed by atoms with Crippen LogP contribution in [0.1, 0.15) is 46.5 Å². The molecule has 0 aromatic carbocycles. The first-order valence-corrected chi connectivity index (χ1v) is 7.40. The van der Waals surface area contributed by atoms with Crippen molar-refractivity contribution >= 4 is 0 Å². The summed E-state index contributed by atoms with van der Waals surface area (Å²) >= 11 is 0. The van der Waals surface area contributed by atoms with Crippen LogP contribution in [0.15, 0.2) is 0 Å². The first kappa shape index (κ1) is 15.9. The van der Waals surface area contributed by atoms with Gasteiger partial charge >= 0.3 is 0 Å². The Labute approximate surface area is 113 Å². The molecule has 3 atom stereocenters. The van der Waals surface area contributed by atoms with Crippen LogP contribution in [0.4, 0.5) is 0 Å². The predicted molar refractivity (Wildman–Crippen MR) is 75.7 cm³/mol. The zero-order valence-corrected chi connectivity index (χ0v) is 12.6. The van der Waals surface area contributed by atoms with E-state index in [1.54, 1.807) is 7.11 Å². The third kappa shape index (κ3) is 4.22. The molecule has 1 saturated carbocycles. The predicted octanol–water partition coefficient (Wildman–Crippen LogP) is 2.53. The van der Waals surface area contributed by atoms with Gasteiger partial charge in [-0.2, -0.15) is 0 Å². The molecule has 18 heavy (non-hydrogen) atoms. The van der Waals surface area contributed by atoms with Gasteiger partial charge in [-0.25, -0.2) is 0 Å². The summed E-state index contributed by atoms with van der Waals surface area (Å²) < 4.78 is 5.26. The molecule has 0 spiro atoms. The number of nitrogens with zero attached hydrogens (tertiary/aromatic N) is 1. The highest BCUT2D eigenvalue weighted by atomic mass is 16.5. The van der Waals surface area contributed by atoms with Crippen LogP contribution in [0.5, 0.6) is 0 Å². The number of methoxy groups -OCH3 is 1. The molecule has 0 aliphatic heterocycles. The van der Waals surface area contributed by atoms with E-state index in [1.165, 1.54) is 25.7 Å². The molecule has 1 fully saturated rings. The number of likely N-dealkylation sites (N-methyl/N-ethyl adjacent to an activating group) is 1. The molecule has 0 heterocycles. The lowest BCUT2D eigenvalue weighted by molar-refractivity contribution is 0.00201. The summed E-state index contributed by atoms with van der Waals surface area (Å²) in [5.74, 6) is 0.752. The average molecular weight is 257 g/mol. The summed E-state index contributed by atoms with van der Waals surface area (Å²) in [5, 5.41) is 9.86. The first-order chi connectivity index (χ1) is 8.56. The van der Waals surface area contributed by atoms with Crippen LogP contribution in [0.3, 0.4) is 0 Å². The number of rotatable bonds is 7. The van der Waals surface area contributed by atoms with E-state index < -0.39 is 0 Å². The second-order valence-corrected chi connectivity index (χ2v) is 6.23. The van der Waals surface area contributed by atoms with E-state index in [0.29, 0.717) is 12.6 Å². The van der Waals surface area contributed by atoms with Crippen molar-refractivity contribution in [2.75, 3.05) is 33.4 Å². The van der Waals surface area contributed by atoms with Crippen LogP contribution in [0.25, 0.3) is 0 Å². The Bertz CT molecular complexity index is 235. The van der Waals surface area contributed by atoms with E-state index in [0.717, 1.165) is 25.6 Å². The van der Waals surface area contributed by atoms with Crippen molar-refractivity contribution in [3.8, 4) is 0 Å². The molecular formula is C15H31NO2. The standard InChI is InChI=1S/C15H31NO2/c1-5-16(14(3)10-18-4)11-15(12-17)8-6-7-13(2)9-15/h13-14,17H,5-12H2,1-4H3. The molecule has 108 valence electrons. The van der Waals surface area contributed by atoms with Crippen LogP contribution >= 0.6 is 0 Å². The topological polar surface area (TPSA) is 32.7 Å². The SMILES string of the molecule is CCN(CC1(CO)CCCC(C)C1)C(C)COC. The fraction of sp³-hybridized carbons (Fsp3) is 1.00. The van der Waals surface area contributed by atoms with Crippen molar-refractivity contribution in [1.29, 1.82) is 0 Å². The maximum absolute atomic E-state index is 9.86. The molecule has 0 aromatic heterocycles. The van der Waals surface area contributed by atoms with Gasteiger partial charge in [0.05, 0.1) is 6.61 Å². The Morgan fingerprint density at radius 1 is 1.50 bits per heavy atom. The minimum Gasteiger partial charge on any atom is -0.396 e. The van der Waals surface area contributed by atoms with Crippen LogP contribution in [-0.4, -0.2) is 49.5 Å². The smallest absolute Gasteiger partial charge is 0.0615 e. The van der Waals surface area contributed by atoms with Crippen molar-refractivity contribution in [3.05, 3.63) is 0 Å². The summed E-state index contributed by atoms with van der Waals surface area (Å²) in [4.78, 5) is 2.46. The van der Waals surface area contributed by atoms with Crippen molar-refractivity contribution in [3.63, 3.8) is 0 Å². The van der Waals surface area contributed by atoms with Gasteiger partial charge in [-0.1, -0.05) is 26.7 Å². The van der Waals surface area contributed by atoms with Crippen molar-refractivity contribution in [1.82, 2.24) is 4.90 Å². The van der Waals surface area contributed by atoms with Crippen molar-refractivity contribution in [2.24, 2.45) is 11.3 Å². The van der Waals surface area contributed by atoms with Gasteiger partial charge in [-0.15, -0.1) is 0 Å². The fourth-order valence-corrected chi connectivity index (χ4v) is 3.46. The Morgan fingerprint density at radius 2 is 2.22 bits per heavy atom. The first-order valence-electron chi connectivity index (χ1n) is 7.40. The zero-order chi connectivity index (χ0) is 13.6. The van der Waals surface area contributed by atoms with Gasteiger partial charge in [-0.05, 0) is 32.2 Å². The quantitative estimate of drug-likeness (QED) is 0.761. The number of ether oxygens (including phenoxy) is 1. The second kappa shape index (κ2) is 7.46. The summed E-state index contributed by atoms with van der Waals surface area (Å²) in [5.41, 5.74) is 0.121. The Morgan fingerprint density at radius 3 is 2.72 bits per heavy atom. The number of aliphatic hydroxyl groups is 1. The molecule has 1 aliphatic rings. The van der Waals surface area contributed by atoms with Gasteiger partial charge in [0.25, 0.3) is 0 Å². The third-order valence-electron chi connectivity index (χ3n) is 4.50. The molecule has 0 saturated heterocycles. The molecule has 1 N–H and O–H groups in total. The highest BCUT2D eigenvalue weighted by molar-refractivity contribution is 4.88. The maximum Gasteiger partial charge on any atom is 0.0615 e. The lowest BCUT2D eigenvalue weighted by Crippen LogP contribution is -2.47. The van der Waals surface area contributed by atoms with Gasteiger partial charge in [0.2, 0.25) is 0 Å². The third-order valence-corrected chi connectivity index (χ3v) is 4.50. The van der Waals surface area contributed by atoms with Crippen molar-refractivity contribution < 1.29 is 9.84 Å². The summed E-state index contributed by atoms with van der Waals surface area (Å²) in [6.45, 7) is 9.86. The van der Waals surface area contributed by atoms with Gasteiger partial charge in [0.1, 0.15) is 0 Å². The van der Waals surface area contributed by atoms with Gasteiger partial charge in [0, 0.05) is 31.7 Å². The molecule has 0 radical (unpaired) electrons. The van der Waals surface area contributed by atoms with E-state index >= 15 is 0 Å². The Hall–Kier alpha value is -0.120. The molecule has 0 aromatic rings. The van der Waals surface area contributed by atoms with Crippen LogP contribution < -0.4 is 0 Å². The molecule has 1 aliphatic carbocycles. The summed E-state index contributed by atoms with van der Waals surface area (Å²) in [7, 11) is 1.76. The molecule has 0 amide bonds. The lowest BCUT2D eigenvalue weighted by atomic mass is 9.70. The van der Waals surface area contributed by atoms with E-state index in [2.05, 4.69) is 25.7 Å². The monoisotopic (exact) mass is 257 g/mol. The normalized spacial score (nSPS) is 30.7. The van der Waals surface area contributed by atoms with Crippen molar-refractivity contribution in [2.45, 2.75) is 52.5 Å². The minimum absolute atomic E-state index is 0.121. The molecule has 3 nitrogen and oxygen atoms in total. The zero-order valence-electron chi connectivity index (χ0n) is 12.6. The maximum atomic E-state index is 9.86. The number of hydrogen-bond donors (Lipinski definition) is 1. The number of aliphatic hydroxyl groups excluding tert-OH is 1. The number of hydrogen-bond acceptors (Lipinski definition) is 3. The largest absolute Gasteiger partial charge is 0.396 e. The molecule has 1 rings (SSSR count). The Kier molecular flexibility index (Phi) is 6.61. The van der Waals surface area contributed by atoms with Crippen LogP contribution in [0, 0.1) is 11.3 Å². The average Bonchev–Trinajstić information content (AvgIpc) is 2.36. The van der Waals surface area contributed by atoms with Gasteiger partial charge in [0.15, 0.2) is 0 Å². The van der Waals surface area contributed by atoms with E-state index in [-0.39, 0.29) is 5.41 Å². The summed E-state index contributed by atoms with van der Waals surface area (Å²) in [6, 6.07) is 0.431.